The first-order chi connectivity index (χ1) is 8.99. The van der Waals surface area contributed by atoms with Crippen LogP contribution < -0.4 is 10.1 Å². The van der Waals surface area contributed by atoms with Gasteiger partial charge in [0, 0.05) is 19.2 Å². The Hall–Kier alpha value is -1.06. The first-order valence-electron chi connectivity index (χ1n) is 6.98. The van der Waals surface area contributed by atoms with Crippen molar-refractivity contribution in [3.8, 4) is 5.75 Å². The van der Waals surface area contributed by atoms with Crippen molar-refractivity contribution in [3.05, 3.63) is 28.8 Å². The van der Waals surface area contributed by atoms with Gasteiger partial charge in [-0.25, -0.2) is 0 Å². The van der Waals surface area contributed by atoms with Crippen molar-refractivity contribution in [1.29, 1.82) is 0 Å². The Balaban J connectivity index is 2.72. The maximum Gasteiger partial charge on any atom is 0.124 e. The summed E-state index contributed by atoms with van der Waals surface area (Å²) >= 11 is 0. The van der Waals surface area contributed by atoms with E-state index in [4.69, 9.17) is 9.84 Å². The van der Waals surface area contributed by atoms with Crippen LogP contribution in [0.25, 0.3) is 0 Å². The van der Waals surface area contributed by atoms with Gasteiger partial charge in [0.2, 0.25) is 0 Å². The molecule has 0 fully saturated rings. The number of rotatable bonds is 7. The number of aliphatic hydroxyl groups is 1. The molecule has 1 atom stereocenters. The second-order valence-electron chi connectivity index (χ2n) is 5.51. The third-order valence-electron chi connectivity index (χ3n) is 3.54. The van der Waals surface area contributed by atoms with Crippen LogP contribution in [0.2, 0.25) is 0 Å². The highest BCUT2D eigenvalue weighted by Crippen LogP contribution is 2.24. The lowest BCUT2D eigenvalue weighted by Gasteiger charge is -2.22. The molecule has 19 heavy (non-hydrogen) atoms. The number of nitrogens with one attached hydrogen (secondary N) is 1. The number of hydrogen-bond acceptors (Lipinski definition) is 3. The predicted molar refractivity (Wildman–Crippen MR) is 79.6 cm³/mol. The zero-order valence-corrected chi connectivity index (χ0v) is 12.8. The molecule has 0 amide bonds. The highest BCUT2D eigenvalue weighted by Gasteiger charge is 2.12. The summed E-state index contributed by atoms with van der Waals surface area (Å²) in [6.07, 6.45) is 0.797. The summed E-state index contributed by atoms with van der Waals surface area (Å²) < 4.78 is 5.38. The molecule has 0 radical (unpaired) electrons. The molecule has 3 heteroatoms. The molecule has 0 spiro atoms. The first-order valence-corrected chi connectivity index (χ1v) is 6.98. The summed E-state index contributed by atoms with van der Waals surface area (Å²) in [7, 11) is 1.71. The Morgan fingerprint density at radius 2 is 1.79 bits per heavy atom. The van der Waals surface area contributed by atoms with Gasteiger partial charge in [-0.2, -0.15) is 0 Å². The van der Waals surface area contributed by atoms with Crippen LogP contribution in [0.5, 0.6) is 5.75 Å². The van der Waals surface area contributed by atoms with Crippen molar-refractivity contribution in [2.45, 2.75) is 46.7 Å². The lowest BCUT2D eigenvalue weighted by molar-refractivity contribution is 0.244. The topological polar surface area (TPSA) is 41.5 Å². The lowest BCUT2D eigenvalue weighted by atomic mass is 10.00. The van der Waals surface area contributed by atoms with Crippen molar-refractivity contribution in [2.75, 3.05) is 13.7 Å². The summed E-state index contributed by atoms with van der Waals surface area (Å²) in [5.41, 5.74) is 3.60. The second kappa shape index (κ2) is 7.51. The van der Waals surface area contributed by atoms with Gasteiger partial charge in [-0.15, -0.1) is 0 Å². The van der Waals surface area contributed by atoms with Crippen molar-refractivity contribution < 1.29 is 9.84 Å². The lowest BCUT2D eigenvalue weighted by Crippen LogP contribution is -2.34. The van der Waals surface area contributed by atoms with Gasteiger partial charge in [0.15, 0.2) is 0 Å². The van der Waals surface area contributed by atoms with Gasteiger partial charge in [-0.05, 0) is 42.9 Å². The zero-order chi connectivity index (χ0) is 14.4. The Labute approximate surface area is 117 Å². The van der Waals surface area contributed by atoms with E-state index in [1.165, 1.54) is 16.7 Å². The van der Waals surface area contributed by atoms with Crippen molar-refractivity contribution in [2.24, 2.45) is 5.92 Å². The van der Waals surface area contributed by atoms with E-state index >= 15 is 0 Å². The van der Waals surface area contributed by atoms with Gasteiger partial charge >= 0.3 is 0 Å². The van der Waals surface area contributed by atoms with Crippen LogP contribution in [-0.2, 0) is 6.54 Å². The standard InChI is InChI=1S/C16H27NO2/c1-11(2)15(6-7-18)17-10-14-8-12(3)16(19-5)13(4)9-14/h8-9,11,15,17-18H,6-7,10H2,1-5H3. The highest BCUT2D eigenvalue weighted by molar-refractivity contribution is 5.43. The van der Waals surface area contributed by atoms with E-state index in [1.54, 1.807) is 7.11 Å². The van der Waals surface area contributed by atoms with Crippen LogP contribution in [0, 0.1) is 19.8 Å². The third kappa shape index (κ3) is 4.51. The molecule has 1 unspecified atom stereocenters. The molecule has 2 N–H and O–H groups in total. The Bertz CT molecular complexity index is 379. The van der Waals surface area contributed by atoms with E-state index in [1.807, 2.05) is 0 Å². The number of hydrogen-bond donors (Lipinski definition) is 2. The smallest absolute Gasteiger partial charge is 0.124 e. The van der Waals surface area contributed by atoms with E-state index in [2.05, 4.69) is 45.1 Å². The summed E-state index contributed by atoms with van der Waals surface area (Å²) in [4.78, 5) is 0. The minimum Gasteiger partial charge on any atom is -0.496 e. The maximum absolute atomic E-state index is 9.08. The van der Waals surface area contributed by atoms with Crippen LogP contribution in [-0.4, -0.2) is 24.9 Å². The molecule has 0 saturated carbocycles. The van der Waals surface area contributed by atoms with E-state index < -0.39 is 0 Å². The second-order valence-corrected chi connectivity index (χ2v) is 5.51. The van der Waals surface area contributed by atoms with Gasteiger partial charge in [-0.1, -0.05) is 26.0 Å². The van der Waals surface area contributed by atoms with Crippen LogP contribution >= 0.6 is 0 Å². The Morgan fingerprint density at radius 3 is 2.21 bits per heavy atom. The van der Waals surface area contributed by atoms with E-state index in [9.17, 15) is 0 Å². The molecule has 0 heterocycles. The molecular weight excluding hydrogens is 238 g/mol. The Kier molecular flexibility index (Phi) is 6.32. The number of aliphatic hydroxyl groups excluding tert-OH is 1. The molecule has 1 rings (SSSR count). The number of methoxy groups -OCH3 is 1. The predicted octanol–water partition coefficient (Wildman–Crippen LogP) is 2.81. The van der Waals surface area contributed by atoms with Crippen molar-refractivity contribution in [3.63, 3.8) is 0 Å². The molecule has 3 nitrogen and oxygen atoms in total. The number of aryl methyl sites for hydroxylation is 2. The average Bonchev–Trinajstić information content (AvgIpc) is 2.33. The third-order valence-corrected chi connectivity index (χ3v) is 3.54. The van der Waals surface area contributed by atoms with Gasteiger partial charge in [0.25, 0.3) is 0 Å². The van der Waals surface area contributed by atoms with Crippen molar-refractivity contribution in [1.82, 2.24) is 5.32 Å². The van der Waals surface area contributed by atoms with E-state index in [0.29, 0.717) is 12.0 Å². The monoisotopic (exact) mass is 265 g/mol. The summed E-state index contributed by atoms with van der Waals surface area (Å²) in [5.74, 6) is 1.49. The summed E-state index contributed by atoms with van der Waals surface area (Å²) in [5, 5.41) is 12.6. The van der Waals surface area contributed by atoms with Gasteiger partial charge in [0.05, 0.1) is 7.11 Å². The molecule has 0 bridgehead atoms. The number of benzene rings is 1. The molecule has 0 aliphatic carbocycles. The van der Waals surface area contributed by atoms with Crippen LogP contribution in [0.1, 0.15) is 37.0 Å². The Morgan fingerprint density at radius 1 is 1.21 bits per heavy atom. The van der Waals surface area contributed by atoms with Crippen LogP contribution in [0.4, 0.5) is 0 Å². The van der Waals surface area contributed by atoms with E-state index in [0.717, 1.165) is 18.7 Å². The molecule has 108 valence electrons. The fraction of sp³-hybridized carbons (Fsp3) is 0.625. The largest absolute Gasteiger partial charge is 0.496 e. The quantitative estimate of drug-likeness (QED) is 0.796. The first kappa shape index (κ1) is 16.0. The minimum atomic E-state index is 0.233. The molecule has 0 aliphatic heterocycles. The number of ether oxygens (including phenoxy) is 1. The molecule has 0 saturated heterocycles. The SMILES string of the molecule is COc1c(C)cc(CNC(CCO)C(C)C)cc1C. The molecular formula is C16H27NO2. The molecule has 0 aliphatic rings. The summed E-state index contributed by atoms with van der Waals surface area (Å²) in [6, 6.07) is 4.68. The average molecular weight is 265 g/mol. The maximum atomic E-state index is 9.08. The van der Waals surface area contributed by atoms with Crippen LogP contribution in [0.15, 0.2) is 12.1 Å². The fourth-order valence-corrected chi connectivity index (χ4v) is 2.52. The molecule has 0 aromatic heterocycles. The molecule has 1 aromatic rings. The van der Waals surface area contributed by atoms with Gasteiger partial charge in [0.1, 0.15) is 5.75 Å². The molecule has 1 aromatic carbocycles. The minimum absolute atomic E-state index is 0.233. The van der Waals surface area contributed by atoms with Crippen LogP contribution in [0.3, 0.4) is 0 Å². The summed E-state index contributed by atoms with van der Waals surface area (Å²) in [6.45, 7) is 9.56. The van der Waals surface area contributed by atoms with Gasteiger partial charge < -0.3 is 15.2 Å². The van der Waals surface area contributed by atoms with Gasteiger partial charge in [-0.3, -0.25) is 0 Å². The normalized spacial score (nSPS) is 12.8. The van der Waals surface area contributed by atoms with Crippen molar-refractivity contribution >= 4 is 0 Å². The zero-order valence-electron chi connectivity index (χ0n) is 12.8. The van der Waals surface area contributed by atoms with E-state index in [-0.39, 0.29) is 6.61 Å². The highest BCUT2D eigenvalue weighted by atomic mass is 16.5. The fourth-order valence-electron chi connectivity index (χ4n) is 2.52.